The molecule has 0 aliphatic rings. The number of pyridine rings is 1. The molecule has 5 heteroatoms. The number of furan rings is 1. The Labute approximate surface area is 128 Å². The molecule has 0 unspecified atom stereocenters. The smallest absolute Gasteiger partial charge is 0.137 e. The van der Waals surface area contributed by atoms with Crippen LogP contribution in [0.15, 0.2) is 50.4 Å². The van der Waals surface area contributed by atoms with Gasteiger partial charge in [0, 0.05) is 21.6 Å². The number of hydrogen-bond donors (Lipinski definition) is 0. The zero-order chi connectivity index (χ0) is 14.1. The van der Waals surface area contributed by atoms with Gasteiger partial charge in [0.25, 0.3) is 0 Å². The fourth-order valence-corrected chi connectivity index (χ4v) is 2.85. The first-order valence-electron chi connectivity index (χ1n) is 5.85. The van der Waals surface area contributed by atoms with Gasteiger partial charge in [0.15, 0.2) is 0 Å². The lowest BCUT2D eigenvalue weighted by molar-refractivity contribution is 0.631. The molecule has 0 bridgehead atoms. The predicted molar refractivity (Wildman–Crippen MR) is 83.6 cm³/mol. The van der Waals surface area contributed by atoms with E-state index in [0.29, 0.717) is 5.56 Å². The monoisotopic (exact) mass is 344 g/mol. The van der Waals surface area contributed by atoms with E-state index >= 15 is 0 Å². The minimum atomic E-state index is 0.566. The van der Waals surface area contributed by atoms with Gasteiger partial charge in [0.2, 0.25) is 0 Å². The van der Waals surface area contributed by atoms with Gasteiger partial charge in [-0.25, -0.2) is 4.98 Å². The highest BCUT2D eigenvalue weighted by molar-refractivity contribution is 9.10. The van der Waals surface area contributed by atoms with E-state index < -0.39 is 0 Å². The predicted octanol–water partition coefficient (Wildman–Crippen LogP) is 4.85. The molecular weight excluding hydrogens is 336 g/mol. The summed E-state index contributed by atoms with van der Waals surface area (Å²) in [5, 5.41) is 10.9. The molecule has 1 aromatic carbocycles. The van der Waals surface area contributed by atoms with E-state index in [4.69, 9.17) is 9.68 Å². The molecule has 0 N–H and O–H groups in total. The number of benzene rings is 1. The normalized spacial score (nSPS) is 10.7. The van der Waals surface area contributed by atoms with Gasteiger partial charge < -0.3 is 4.42 Å². The minimum Gasteiger partial charge on any atom is -0.456 e. The number of halogens is 1. The van der Waals surface area contributed by atoms with Crippen molar-refractivity contribution in [3.05, 3.63) is 46.6 Å². The number of fused-ring (bicyclic) bond motifs is 1. The lowest BCUT2D eigenvalue weighted by Gasteiger charge is -2.01. The van der Waals surface area contributed by atoms with Gasteiger partial charge >= 0.3 is 0 Å². The molecule has 2 heterocycles. The van der Waals surface area contributed by atoms with Gasteiger partial charge in [0.05, 0.1) is 5.56 Å². The van der Waals surface area contributed by atoms with Crippen molar-refractivity contribution in [1.29, 1.82) is 5.26 Å². The Morgan fingerprint density at radius 3 is 2.90 bits per heavy atom. The molecule has 0 fully saturated rings. The lowest BCUT2D eigenvalue weighted by Crippen LogP contribution is -1.87. The van der Waals surface area contributed by atoms with Crippen LogP contribution in [0.3, 0.4) is 0 Å². The van der Waals surface area contributed by atoms with Gasteiger partial charge in [-0.2, -0.15) is 5.26 Å². The van der Waals surface area contributed by atoms with Crippen molar-refractivity contribution in [3.63, 3.8) is 0 Å². The molecule has 0 atom stereocenters. The van der Waals surface area contributed by atoms with Crippen molar-refractivity contribution in [2.45, 2.75) is 5.03 Å². The number of hydrogen-bond acceptors (Lipinski definition) is 4. The Kier molecular flexibility index (Phi) is 3.51. The molecule has 0 radical (unpaired) electrons. The number of nitrogens with zero attached hydrogens (tertiary/aromatic N) is 2. The molecule has 0 aliphatic heterocycles. The van der Waals surface area contributed by atoms with Crippen molar-refractivity contribution < 1.29 is 4.42 Å². The molecule has 0 saturated heterocycles. The zero-order valence-electron chi connectivity index (χ0n) is 10.6. The van der Waals surface area contributed by atoms with E-state index in [1.165, 1.54) is 11.8 Å². The Bertz CT molecular complexity index is 835. The van der Waals surface area contributed by atoms with E-state index in [1.54, 1.807) is 6.20 Å². The highest BCUT2D eigenvalue weighted by Crippen LogP contribution is 2.31. The second kappa shape index (κ2) is 5.31. The summed E-state index contributed by atoms with van der Waals surface area (Å²) in [4.78, 5) is 4.30. The number of nitriles is 1. The summed E-state index contributed by atoms with van der Waals surface area (Å²) in [6.07, 6.45) is 3.64. The quantitative estimate of drug-likeness (QED) is 0.623. The average molecular weight is 345 g/mol. The van der Waals surface area contributed by atoms with E-state index in [9.17, 15) is 0 Å². The maximum atomic E-state index is 9.16. The summed E-state index contributed by atoms with van der Waals surface area (Å²) in [5.74, 6) is 0.717. The van der Waals surface area contributed by atoms with Crippen molar-refractivity contribution in [1.82, 2.24) is 4.98 Å². The molecule has 3 rings (SSSR count). The maximum Gasteiger partial charge on any atom is 0.137 e. The second-order valence-corrected chi connectivity index (χ2v) is 5.90. The van der Waals surface area contributed by atoms with Crippen molar-refractivity contribution in [3.8, 4) is 17.4 Å². The fraction of sp³-hybridized carbons (Fsp3) is 0.0667. The highest BCUT2D eigenvalue weighted by Gasteiger charge is 2.10. The fourth-order valence-electron chi connectivity index (χ4n) is 1.99. The van der Waals surface area contributed by atoms with Crippen molar-refractivity contribution in [2.24, 2.45) is 0 Å². The van der Waals surface area contributed by atoms with Crippen LogP contribution in [-0.2, 0) is 0 Å². The molecule has 2 aromatic heterocycles. The van der Waals surface area contributed by atoms with Crippen LogP contribution >= 0.6 is 27.7 Å². The third-order valence-corrected chi connectivity index (χ3v) is 4.13. The number of rotatable bonds is 2. The molecule has 3 nitrogen and oxygen atoms in total. The topological polar surface area (TPSA) is 49.8 Å². The van der Waals surface area contributed by atoms with Gasteiger partial charge in [0.1, 0.15) is 22.4 Å². The van der Waals surface area contributed by atoms with Gasteiger partial charge in [-0.05, 0) is 36.6 Å². The molecule has 98 valence electrons. The van der Waals surface area contributed by atoms with Crippen molar-refractivity contribution >= 4 is 38.7 Å². The average Bonchev–Trinajstić information content (AvgIpc) is 2.89. The Hall–Kier alpha value is -1.77. The Balaban J connectivity index is 2.13. The molecule has 0 amide bonds. The third kappa shape index (κ3) is 2.33. The number of thioether (sulfide) groups is 1. The standard InChI is InChI=1S/C15H9BrN2OS/c1-20-15-10(7-17)4-11(8-18-15)14-6-9-5-12(16)2-3-13(9)19-14/h2-6,8H,1H3. The summed E-state index contributed by atoms with van der Waals surface area (Å²) >= 11 is 4.90. The van der Waals surface area contributed by atoms with E-state index in [2.05, 4.69) is 27.0 Å². The van der Waals surface area contributed by atoms with Gasteiger partial charge in [-0.3, -0.25) is 0 Å². The van der Waals surface area contributed by atoms with Crippen LogP contribution in [0.4, 0.5) is 0 Å². The largest absolute Gasteiger partial charge is 0.456 e. The summed E-state index contributed by atoms with van der Waals surface area (Å²) in [6, 6.07) is 11.8. The Morgan fingerprint density at radius 2 is 2.15 bits per heavy atom. The highest BCUT2D eigenvalue weighted by atomic mass is 79.9. The molecular formula is C15H9BrN2OS. The van der Waals surface area contributed by atoms with Crippen LogP contribution in [0, 0.1) is 11.3 Å². The van der Waals surface area contributed by atoms with Gasteiger partial charge in [-0.1, -0.05) is 15.9 Å². The molecule has 0 saturated carbocycles. The van der Waals surface area contributed by atoms with Crippen LogP contribution in [0.25, 0.3) is 22.3 Å². The van der Waals surface area contributed by atoms with Crippen LogP contribution in [-0.4, -0.2) is 11.2 Å². The maximum absolute atomic E-state index is 9.16. The minimum absolute atomic E-state index is 0.566. The lowest BCUT2D eigenvalue weighted by atomic mass is 10.1. The summed E-state index contributed by atoms with van der Waals surface area (Å²) in [7, 11) is 0. The number of aromatic nitrogens is 1. The van der Waals surface area contributed by atoms with Crippen LogP contribution < -0.4 is 0 Å². The molecule has 3 aromatic rings. The molecule has 0 spiro atoms. The third-order valence-electron chi connectivity index (χ3n) is 2.93. The first-order chi connectivity index (χ1) is 9.71. The molecule has 20 heavy (non-hydrogen) atoms. The summed E-state index contributed by atoms with van der Waals surface area (Å²) < 4.78 is 6.81. The molecule has 0 aliphatic carbocycles. The van der Waals surface area contributed by atoms with Gasteiger partial charge in [-0.15, -0.1) is 11.8 Å². The second-order valence-electron chi connectivity index (χ2n) is 4.19. The van der Waals surface area contributed by atoms with Crippen LogP contribution in [0.5, 0.6) is 0 Å². The first kappa shape index (κ1) is 13.2. The first-order valence-corrected chi connectivity index (χ1v) is 7.86. The zero-order valence-corrected chi connectivity index (χ0v) is 13.0. The summed E-state index contributed by atoms with van der Waals surface area (Å²) in [5.41, 5.74) is 2.19. The van der Waals surface area contributed by atoms with Crippen molar-refractivity contribution in [2.75, 3.05) is 6.26 Å². The van der Waals surface area contributed by atoms with Crippen LogP contribution in [0.2, 0.25) is 0 Å². The van der Waals surface area contributed by atoms with E-state index in [0.717, 1.165) is 31.8 Å². The van der Waals surface area contributed by atoms with E-state index in [1.807, 2.05) is 36.6 Å². The SMILES string of the molecule is CSc1ncc(-c2cc3cc(Br)ccc3o2)cc1C#N. The Morgan fingerprint density at radius 1 is 1.30 bits per heavy atom. The van der Waals surface area contributed by atoms with E-state index in [-0.39, 0.29) is 0 Å². The van der Waals surface area contributed by atoms with Crippen LogP contribution in [0.1, 0.15) is 5.56 Å². The summed E-state index contributed by atoms with van der Waals surface area (Å²) in [6.45, 7) is 0.